The second-order valence-electron chi connectivity index (χ2n) is 2.84. The van der Waals surface area contributed by atoms with Crippen molar-refractivity contribution in [3.8, 4) is 0 Å². The van der Waals surface area contributed by atoms with E-state index in [-0.39, 0.29) is 0 Å². The number of hydrogen-bond acceptors (Lipinski definition) is 3. The third kappa shape index (κ3) is 1.26. The predicted octanol–water partition coefficient (Wildman–Crippen LogP) is 0.790. The molecule has 1 heterocycles. The molecule has 0 fully saturated rings. The molecule has 0 atom stereocenters. The Bertz CT molecular complexity index is 565. The Kier molecular flexibility index (Phi) is 1.55. The quantitative estimate of drug-likeness (QED) is 0.647. The van der Waals surface area contributed by atoms with E-state index in [1.807, 2.05) is 6.92 Å². The highest BCUT2D eigenvalue weighted by molar-refractivity contribution is 5.75. The minimum Gasteiger partial charge on any atom is -0.409 e. The first kappa shape index (κ1) is 7.79. The summed E-state index contributed by atoms with van der Waals surface area (Å²) in [6, 6.07) is 5.08. The number of aryl methyl sites for hydroxylation is 1. The van der Waals surface area contributed by atoms with Gasteiger partial charge in [0.2, 0.25) is 0 Å². The van der Waals surface area contributed by atoms with E-state index >= 15 is 0 Å². The summed E-state index contributed by atoms with van der Waals surface area (Å²) in [4.78, 5) is 24.0. The Balaban J connectivity index is 3.03. The summed E-state index contributed by atoms with van der Waals surface area (Å²) in [5.74, 6) is -0.719. The van der Waals surface area contributed by atoms with Gasteiger partial charge < -0.3 is 4.42 Å². The van der Waals surface area contributed by atoms with Crippen molar-refractivity contribution in [1.82, 2.24) is 4.98 Å². The van der Waals surface area contributed by atoms with Crippen molar-refractivity contribution in [3.05, 3.63) is 44.7 Å². The van der Waals surface area contributed by atoms with Crippen molar-refractivity contribution in [3.63, 3.8) is 0 Å². The van der Waals surface area contributed by atoms with E-state index in [1.54, 1.807) is 18.2 Å². The van der Waals surface area contributed by atoms with Gasteiger partial charge in [0.15, 0.2) is 0 Å². The molecule has 2 rings (SSSR count). The van der Waals surface area contributed by atoms with Gasteiger partial charge in [0.1, 0.15) is 5.58 Å². The van der Waals surface area contributed by atoms with Crippen molar-refractivity contribution in [2.45, 2.75) is 6.92 Å². The largest absolute Gasteiger partial charge is 0.419 e. The lowest BCUT2D eigenvalue weighted by Gasteiger charge is -1.95. The summed E-state index contributed by atoms with van der Waals surface area (Å²) in [6.07, 6.45) is 0. The van der Waals surface area contributed by atoms with Crippen molar-refractivity contribution in [2.24, 2.45) is 0 Å². The number of benzene rings is 1. The third-order valence-corrected chi connectivity index (χ3v) is 1.80. The van der Waals surface area contributed by atoms with E-state index in [1.165, 1.54) is 0 Å². The summed E-state index contributed by atoms with van der Waals surface area (Å²) < 4.78 is 4.81. The fourth-order valence-corrected chi connectivity index (χ4v) is 1.19. The monoisotopic (exact) mass is 177 g/mol. The predicted molar refractivity (Wildman–Crippen MR) is 47.8 cm³/mol. The van der Waals surface area contributed by atoms with Crippen LogP contribution in [0.1, 0.15) is 5.56 Å². The van der Waals surface area contributed by atoms with Crippen molar-refractivity contribution in [2.75, 3.05) is 0 Å². The molecular formula is C9H7NO3. The average molecular weight is 177 g/mol. The zero-order chi connectivity index (χ0) is 9.42. The first-order valence-corrected chi connectivity index (χ1v) is 3.80. The number of aromatic amines is 1. The molecule has 1 aromatic carbocycles. The Morgan fingerprint density at radius 2 is 2.08 bits per heavy atom. The van der Waals surface area contributed by atoms with Crippen LogP contribution in [0.4, 0.5) is 0 Å². The van der Waals surface area contributed by atoms with Crippen LogP contribution in [0, 0.1) is 6.92 Å². The van der Waals surface area contributed by atoms with Crippen LogP contribution in [0.3, 0.4) is 0 Å². The van der Waals surface area contributed by atoms with Crippen LogP contribution < -0.4 is 11.3 Å². The first-order chi connectivity index (χ1) is 6.16. The second-order valence-corrected chi connectivity index (χ2v) is 2.84. The molecule has 4 heteroatoms. The number of H-pyrrole nitrogens is 1. The van der Waals surface area contributed by atoms with Crippen LogP contribution >= 0.6 is 0 Å². The number of nitrogens with one attached hydrogen (secondary N) is 1. The molecule has 0 radical (unpaired) electrons. The number of aromatic nitrogens is 1. The lowest BCUT2D eigenvalue weighted by Crippen LogP contribution is -2.17. The fourth-order valence-electron chi connectivity index (χ4n) is 1.19. The highest BCUT2D eigenvalue weighted by atomic mass is 16.4. The normalized spacial score (nSPS) is 10.5. The molecule has 0 saturated carbocycles. The maximum atomic E-state index is 11.2. The molecule has 1 N–H and O–H groups in total. The van der Waals surface area contributed by atoms with Crippen LogP contribution in [0.25, 0.3) is 11.0 Å². The molecule has 0 aliphatic heterocycles. The number of fused-ring (bicyclic) bond motifs is 1. The van der Waals surface area contributed by atoms with E-state index in [4.69, 9.17) is 4.42 Å². The Morgan fingerprint density at radius 3 is 2.85 bits per heavy atom. The van der Waals surface area contributed by atoms with Gasteiger partial charge in [-0.15, -0.1) is 0 Å². The van der Waals surface area contributed by atoms with Crippen LogP contribution in [0.15, 0.2) is 32.2 Å². The van der Waals surface area contributed by atoms with Crippen LogP contribution in [-0.2, 0) is 0 Å². The van der Waals surface area contributed by atoms with Crippen molar-refractivity contribution >= 4 is 11.0 Å². The molecular weight excluding hydrogens is 170 g/mol. The average Bonchev–Trinajstić information content (AvgIpc) is 2.02. The van der Waals surface area contributed by atoms with Gasteiger partial charge in [0, 0.05) is 0 Å². The van der Waals surface area contributed by atoms with Crippen LogP contribution in [-0.4, -0.2) is 4.98 Å². The van der Waals surface area contributed by atoms with Gasteiger partial charge in [0.05, 0.1) is 5.39 Å². The molecule has 0 bridgehead atoms. The highest BCUT2D eigenvalue weighted by Crippen LogP contribution is 2.08. The maximum absolute atomic E-state index is 11.2. The number of rotatable bonds is 0. The minimum absolute atomic E-state index is 0.328. The minimum atomic E-state index is -0.719. The van der Waals surface area contributed by atoms with Gasteiger partial charge in [-0.25, -0.2) is 4.79 Å². The van der Waals surface area contributed by atoms with E-state index in [9.17, 15) is 9.59 Å². The highest BCUT2D eigenvalue weighted by Gasteiger charge is 2.01. The van der Waals surface area contributed by atoms with E-state index in [2.05, 4.69) is 4.98 Å². The molecule has 4 nitrogen and oxygen atoms in total. The van der Waals surface area contributed by atoms with Gasteiger partial charge in [-0.2, -0.15) is 0 Å². The number of hydrogen-bond donors (Lipinski definition) is 1. The molecule has 0 unspecified atom stereocenters. The molecule has 0 aliphatic rings. The summed E-state index contributed by atoms with van der Waals surface area (Å²) >= 11 is 0. The summed E-state index contributed by atoms with van der Waals surface area (Å²) in [5.41, 5.74) is 0.862. The Hall–Kier alpha value is -1.84. The van der Waals surface area contributed by atoms with Crippen molar-refractivity contribution < 1.29 is 4.42 Å². The molecule has 0 amide bonds. The molecule has 1 aromatic heterocycles. The summed E-state index contributed by atoms with van der Waals surface area (Å²) in [5, 5.41) is 0.394. The van der Waals surface area contributed by atoms with E-state index < -0.39 is 11.3 Å². The van der Waals surface area contributed by atoms with Crippen LogP contribution in [0.5, 0.6) is 0 Å². The Morgan fingerprint density at radius 1 is 1.31 bits per heavy atom. The van der Waals surface area contributed by atoms with Gasteiger partial charge in [-0.3, -0.25) is 9.78 Å². The summed E-state index contributed by atoms with van der Waals surface area (Å²) in [7, 11) is 0. The van der Waals surface area contributed by atoms with Gasteiger partial charge >= 0.3 is 5.76 Å². The lowest BCUT2D eigenvalue weighted by atomic mass is 10.2. The molecule has 2 aromatic rings. The smallest absolute Gasteiger partial charge is 0.409 e. The van der Waals surface area contributed by atoms with E-state index in [0.717, 1.165) is 5.56 Å². The molecule has 13 heavy (non-hydrogen) atoms. The zero-order valence-corrected chi connectivity index (χ0v) is 6.96. The van der Waals surface area contributed by atoms with Crippen molar-refractivity contribution in [1.29, 1.82) is 0 Å². The van der Waals surface area contributed by atoms with Gasteiger partial charge in [-0.1, -0.05) is 6.07 Å². The van der Waals surface area contributed by atoms with Crippen LogP contribution in [0.2, 0.25) is 0 Å². The zero-order valence-electron chi connectivity index (χ0n) is 6.96. The molecule has 66 valence electrons. The summed E-state index contributed by atoms with van der Waals surface area (Å²) in [6.45, 7) is 1.86. The molecule has 0 spiro atoms. The SMILES string of the molecule is Cc1ccc2c(=O)[nH]c(=O)oc2c1. The molecule has 0 aliphatic carbocycles. The Labute approximate surface area is 72.8 Å². The standard InChI is InChI=1S/C9H7NO3/c1-5-2-3-6-7(4-5)13-9(12)10-8(6)11/h2-4H,1H3,(H,10,11,12). The lowest BCUT2D eigenvalue weighted by molar-refractivity contribution is 0.528. The first-order valence-electron chi connectivity index (χ1n) is 3.80. The molecule has 0 saturated heterocycles. The fraction of sp³-hybridized carbons (Fsp3) is 0.111. The second kappa shape index (κ2) is 2.58. The topological polar surface area (TPSA) is 63.1 Å². The van der Waals surface area contributed by atoms with E-state index in [0.29, 0.717) is 11.0 Å². The maximum Gasteiger partial charge on any atom is 0.419 e. The van der Waals surface area contributed by atoms with Gasteiger partial charge in [0.25, 0.3) is 5.56 Å². The van der Waals surface area contributed by atoms with Gasteiger partial charge in [-0.05, 0) is 24.6 Å². The third-order valence-electron chi connectivity index (χ3n) is 1.80.